The zero-order valence-electron chi connectivity index (χ0n) is 14.0. The summed E-state index contributed by atoms with van der Waals surface area (Å²) in [5.41, 5.74) is 3.04. The highest BCUT2D eigenvalue weighted by atomic mass is 16.4. The van der Waals surface area contributed by atoms with Gasteiger partial charge in [0, 0.05) is 31.5 Å². The lowest BCUT2D eigenvalue weighted by molar-refractivity contribution is -0.130. The van der Waals surface area contributed by atoms with Crippen molar-refractivity contribution in [2.24, 2.45) is 0 Å². The van der Waals surface area contributed by atoms with E-state index in [9.17, 15) is 4.79 Å². The minimum atomic E-state index is 0.0746. The Bertz CT molecular complexity index is 674. The third kappa shape index (κ3) is 4.77. The maximum atomic E-state index is 12.2. The number of benzene rings is 1. The Hall–Kier alpha value is -2.43. The number of carbonyl (C=O) groups excluding carboxylic acids is 1. The minimum absolute atomic E-state index is 0.0746. The number of rotatable bonds is 7. The van der Waals surface area contributed by atoms with Crippen LogP contribution in [-0.4, -0.2) is 34.1 Å². The summed E-state index contributed by atoms with van der Waals surface area (Å²) in [4.78, 5) is 14.0. The molecular weight excluding hydrogens is 290 g/mol. The predicted molar refractivity (Wildman–Crippen MR) is 89.9 cm³/mol. The number of carbonyl (C=O) groups is 1. The van der Waals surface area contributed by atoms with Crippen LogP contribution in [0, 0.1) is 6.92 Å². The van der Waals surface area contributed by atoms with Gasteiger partial charge in [0.25, 0.3) is 0 Å². The van der Waals surface area contributed by atoms with Gasteiger partial charge < -0.3 is 9.32 Å². The van der Waals surface area contributed by atoms with Gasteiger partial charge in [-0.3, -0.25) is 4.79 Å². The van der Waals surface area contributed by atoms with Gasteiger partial charge in [0.05, 0.1) is 0 Å². The SMILES string of the molecule is C=C(C)CN(CC)C(=O)CCc1nnc(-c2ccc(C)cc2)o1. The molecule has 0 aliphatic rings. The van der Waals surface area contributed by atoms with E-state index >= 15 is 0 Å². The summed E-state index contributed by atoms with van der Waals surface area (Å²) in [6.07, 6.45) is 0.807. The molecule has 0 atom stereocenters. The molecule has 1 heterocycles. The number of hydrogen-bond donors (Lipinski definition) is 0. The molecule has 0 saturated heterocycles. The molecule has 5 nitrogen and oxygen atoms in total. The number of likely N-dealkylation sites (N-methyl/N-ethyl adjacent to an activating group) is 1. The second-order valence-corrected chi connectivity index (χ2v) is 5.73. The van der Waals surface area contributed by atoms with E-state index in [0.717, 1.165) is 11.1 Å². The van der Waals surface area contributed by atoms with Crippen LogP contribution < -0.4 is 0 Å². The van der Waals surface area contributed by atoms with Crippen molar-refractivity contribution >= 4 is 5.91 Å². The summed E-state index contributed by atoms with van der Waals surface area (Å²) in [5, 5.41) is 8.08. The van der Waals surface area contributed by atoms with E-state index in [1.165, 1.54) is 5.56 Å². The van der Waals surface area contributed by atoms with Gasteiger partial charge in [-0.05, 0) is 32.9 Å². The lowest BCUT2D eigenvalue weighted by Gasteiger charge is -2.20. The number of aryl methyl sites for hydroxylation is 2. The van der Waals surface area contributed by atoms with E-state index in [-0.39, 0.29) is 5.91 Å². The Kier molecular flexibility index (Phi) is 5.68. The van der Waals surface area contributed by atoms with Crippen molar-refractivity contribution in [2.75, 3.05) is 13.1 Å². The lowest BCUT2D eigenvalue weighted by Crippen LogP contribution is -2.32. The molecule has 0 aliphatic heterocycles. The van der Waals surface area contributed by atoms with Crippen LogP contribution in [0.5, 0.6) is 0 Å². The lowest BCUT2D eigenvalue weighted by atomic mass is 10.1. The Morgan fingerprint density at radius 1 is 1.26 bits per heavy atom. The molecule has 122 valence electrons. The van der Waals surface area contributed by atoms with Crippen LogP contribution >= 0.6 is 0 Å². The molecule has 0 aliphatic carbocycles. The zero-order chi connectivity index (χ0) is 16.8. The van der Waals surface area contributed by atoms with Crippen LogP contribution in [0.15, 0.2) is 40.8 Å². The molecule has 5 heteroatoms. The van der Waals surface area contributed by atoms with Crippen LogP contribution in [0.3, 0.4) is 0 Å². The third-order valence-corrected chi connectivity index (χ3v) is 3.51. The first-order chi connectivity index (χ1) is 11.0. The molecule has 23 heavy (non-hydrogen) atoms. The molecule has 0 saturated carbocycles. The van der Waals surface area contributed by atoms with E-state index in [2.05, 4.69) is 16.8 Å². The standard InChI is InChI=1S/C18H23N3O2/c1-5-21(12-13(2)3)17(22)11-10-16-19-20-18(23-16)15-8-6-14(4)7-9-15/h6-9H,2,5,10-12H2,1,3-4H3. The topological polar surface area (TPSA) is 59.2 Å². The van der Waals surface area contributed by atoms with E-state index in [0.29, 0.717) is 37.7 Å². The molecular formula is C18H23N3O2. The average Bonchev–Trinajstić information content (AvgIpc) is 2.99. The van der Waals surface area contributed by atoms with E-state index in [1.807, 2.05) is 45.0 Å². The fraction of sp³-hybridized carbons (Fsp3) is 0.389. The van der Waals surface area contributed by atoms with Crippen molar-refractivity contribution in [1.82, 2.24) is 15.1 Å². The van der Waals surface area contributed by atoms with Gasteiger partial charge in [-0.25, -0.2) is 0 Å². The van der Waals surface area contributed by atoms with Gasteiger partial charge in [-0.15, -0.1) is 10.2 Å². The molecule has 0 unspecified atom stereocenters. The van der Waals surface area contributed by atoms with Crippen LogP contribution in [0.1, 0.15) is 31.7 Å². The molecule has 1 aromatic heterocycles. The van der Waals surface area contributed by atoms with Gasteiger partial charge in [-0.2, -0.15) is 0 Å². The predicted octanol–water partition coefficient (Wildman–Crippen LogP) is 3.40. The van der Waals surface area contributed by atoms with E-state index < -0.39 is 0 Å². The van der Waals surface area contributed by atoms with Gasteiger partial charge in [-0.1, -0.05) is 29.8 Å². The Labute approximate surface area is 137 Å². The van der Waals surface area contributed by atoms with Crippen molar-refractivity contribution in [2.45, 2.75) is 33.6 Å². The van der Waals surface area contributed by atoms with Crippen molar-refractivity contribution < 1.29 is 9.21 Å². The quantitative estimate of drug-likeness (QED) is 0.735. The van der Waals surface area contributed by atoms with E-state index in [4.69, 9.17) is 4.42 Å². The maximum absolute atomic E-state index is 12.2. The summed E-state index contributed by atoms with van der Waals surface area (Å²) < 4.78 is 5.64. The number of hydrogen-bond acceptors (Lipinski definition) is 4. The smallest absolute Gasteiger partial charge is 0.247 e. The van der Waals surface area contributed by atoms with Gasteiger partial charge >= 0.3 is 0 Å². The van der Waals surface area contributed by atoms with Gasteiger partial charge in [0.15, 0.2) is 0 Å². The first-order valence-electron chi connectivity index (χ1n) is 7.81. The van der Waals surface area contributed by atoms with Gasteiger partial charge in [0.2, 0.25) is 17.7 Å². The Morgan fingerprint density at radius 3 is 2.57 bits per heavy atom. The fourth-order valence-electron chi connectivity index (χ4n) is 2.24. The van der Waals surface area contributed by atoms with Crippen LogP contribution in [0.2, 0.25) is 0 Å². The largest absolute Gasteiger partial charge is 0.421 e. The van der Waals surface area contributed by atoms with Crippen molar-refractivity contribution in [3.63, 3.8) is 0 Å². The zero-order valence-corrected chi connectivity index (χ0v) is 14.0. The normalized spacial score (nSPS) is 10.6. The monoisotopic (exact) mass is 313 g/mol. The molecule has 1 aromatic carbocycles. The molecule has 0 fully saturated rings. The summed E-state index contributed by atoms with van der Waals surface area (Å²) >= 11 is 0. The fourth-order valence-corrected chi connectivity index (χ4v) is 2.24. The average molecular weight is 313 g/mol. The molecule has 2 rings (SSSR count). The van der Waals surface area contributed by atoms with Crippen LogP contribution in [0.25, 0.3) is 11.5 Å². The second kappa shape index (κ2) is 7.72. The number of nitrogens with zero attached hydrogens (tertiary/aromatic N) is 3. The summed E-state index contributed by atoms with van der Waals surface area (Å²) in [6.45, 7) is 11.0. The highest BCUT2D eigenvalue weighted by Gasteiger charge is 2.14. The minimum Gasteiger partial charge on any atom is -0.421 e. The molecule has 0 spiro atoms. The highest BCUT2D eigenvalue weighted by Crippen LogP contribution is 2.18. The highest BCUT2D eigenvalue weighted by molar-refractivity contribution is 5.76. The number of aromatic nitrogens is 2. The van der Waals surface area contributed by atoms with E-state index in [1.54, 1.807) is 4.90 Å². The van der Waals surface area contributed by atoms with Gasteiger partial charge in [0.1, 0.15) is 0 Å². The molecule has 0 N–H and O–H groups in total. The van der Waals surface area contributed by atoms with Crippen molar-refractivity contribution in [3.05, 3.63) is 47.9 Å². The Balaban J connectivity index is 1.95. The Morgan fingerprint density at radius 2 is 1.96 bits per heavy atom. The number of amides is 1. The van der Waals surface area contributed by atoms with Crippen molar-refractivity contribution in [3.8, 4) is 11.5 Å². The molecule has 2 aromatic rings. The first-order valence-corrected chi connectivity index (χ1v) is 7.81. The molecule has 0 radical (unpaired) electrons. The summed E-state index contributed by atoms with van der Waals surface area (Å²) in [6, 6.07) is 7.89. The first kappa shape index (κ1) is 16.9. The maximum Gasteiger partial charge on any atom is 0.247 e. The van der Waals surface area contributed by atoms with Crippen LogP contribution in [-0.2, 0) is 11.2 Å². The summed E-state index contributed by atoms with van der Waals surface area (Å²) in [5.74, 6) is 1.05. The molecule has 0 bridgehead atoms. The third-order valence-electron chi connectivity index (χ3n) is 3.51. The summed E-state index contributed by atoms with van der Waals surface area (Å²) in [7, 11) is 0. The van der Waals surface area contributed by atoms with Crippen molar-refractivity contribution in [1.29, 1.82) is 0 Å². The molecule has 1 amide bonds. The second-order valence-electron chi connectivity index (χ2n) is 5.73. The van der Waals surface area contributed by atoms with Crippen LogP contribution in [0.4, 0.5) is 0 Å².